The molecule has 0 fully saturated rings. The summed E-state index contributed by atoms with van der Waals surface area (Å²) < 4.78 is 4.55. The van der Waals surface area contributed by atoms with Crippen molar-refractivity contribution in [2.45, 2.75) is 49.9 Å². The number of nitrogens with zero attached hydrogens (tertiary/aromatic N) is 1. The van der Waals surface area contributed by atoms with Crippen molar-refractivity contribution in [2.24, 2.45) is 17.4 Å². The fourth-order valence-electron chi connectivity index (χ4n) is 1.78. The van der Waals surface area contributed by atoms with Gasteiger partial charge in [-0.15, -0.1) is 0 Å². The van der Waals surface area contributed by atoms with Crippen molar-refractivity contribution in [3.05, 3.63) is 0 Å². The first-order valence-corrected chi connectivity index (χ1v) is 7.19. The summed E-state index contributed by atoms with van der Waals surface area (Å²) in [6.45, 7) is -0.411. The first kappa shape index (κ1) is 21.7. The summed E-state index contributed by atoms with van der Waals surface area (Å²) in [7, 11) is 0. The minimum absolute atomic E-state index is 0.270. The molecule has 0 radical (unpaired) electrons. The van der Waals surface area contributed by atoms with E-state index < -0.39 is 49.1 Å². The number of aliphatic hydroxyl groups is 5. The van der Waals surface area contributed by atoms with E-state index in [1.807, 2.05) is 0 Å². The maximum Gasteiger partial charge on any atom is 0.325 e. The standard InChI is InChI=1S/C13H25N3O7/c14-4-2-1-3-8(16)12(21)23-13(22)11(20)7(5-15)10(19)9(18)6-17/h7-11,13,17-20,22H,1-4,6,14,16H2/t7-,8+,9-,10+,11-,13?/m1/s1. The Morgan fingerprint density at radius 3 is 2.26 bits per heavy atom. The molecule has 0 aromatic carbocycles. The van der Waals surface area contributed by atoms with Crippen LogP contribution >= 0.6 is 0 Å². The zero-order valence-electron chi connectivity index (χ0n) is 12.7. The van der Waals surface area contributed by atoms with Crippen LogP contribution in [-0.2, 0) is 9.53 Å². The van der Waals surface area contributed by atoms with Gasteiger partial charge in [-0.25, -0.2) is 0 Å². The van der Waals surface area contributed by atoms with E-state index in [1.165, 1.54) is 6.07 Å². The molecule has 9 N–H and O–H groups in total. The van der Waals surface area contributed by atoms with Crippen LogP contribution in [0.4, 0.5) is 0 Å². The van der Waals surface area contributed by atoms with Crippen molar-refractivity contribution in [1.82, 2.24) is 0 Å². The highest BCUT2D eigenvalue weighted by atomic mass is 16.6. The maximum absolute atomic E-state index is 11.6. The molecule has 0 saturated heterocycles. The van der Waals surface area contributed by atoms with Crippen molar-refractivity contribution in [1.29, 1.82) is 5.26 Å². The lowest BCUT2D eigenvalue weighted by molar-refractivity contribution is -0.199. The SMILES string of the molecule is N#C[C@H]([C@H](O)[C@H](O)CO)[C@@H](O)C(O)OC(=O)[C@@H](N)CCCCN. The summed E-state index contributed by atoms with van der Waals surface area (Å²) in [4.78, 5) is 11.6. The van der Waals surface area contributed by atoms with Crippen molar-refractivity contribution in [3.63, 3.8) is 0 Å². The van der Waals surface area contributed by atoms with Gasteiger partial charge in [-0.1, -0.05) is 6.42 Å². The molecule has 23 heavy (non-hydrogen) atoms. The van der Waals surface area contributed by atoms with Crippen LogP contribution in [0, 0.1) is 17.2 Å². The highest BCUT2D eigenvalue weighted by Gasteiger charge is 2.37. The number of nitrogens with two attached hydrogens (primary N) is 2. The highest BCUT2D eigenvalue weighted by molar-refractivity contribution is 5.75. The van der Waals surface area contributed by atoms with Gasteiger partial charge in [0.05, 0.1) is 12.7 Å². The van der Waals surface area contributed by atoms with Crippen LogP contribution in [0.5, 0.6) is 0 Å². The van der Waals surface area contributed by atoms with Crippen LogP contribution in [-0.4, -0.2) is 75.3 Å². The van der Waals surface area contributed by atoms with Gasteiger partial charge in [0.25, 0.3) is 0 Å². The quantitative estimate of drug-likeness (QED) is 0.113. The minimum atomic E-state index is -2.12. The number of nitriles is 1. The molecule has 0 heterocycles. The van der Waals surface area contributed by atoms with Crippen LogP contribution in [0.2, 0.25) is 0 Å². The monoisotopic (exact) mass is 335 g/mol. The lowest BCUT2D eigenvalue weighted by Gasteiger charge is -2.27. The van der Waals surface area contributed by atoms with Crippen molar-refractivity contribution in [2.75, 3.05) is 13.2 Å². The number of hydrogen-bond donors (Lipinski definition) is 7. The van der Waals surface area contributed by atoms with Gasteiger partial charge < -0.3 is 41.7 Å². The number of ether oxygens (including phenoxy) is 1. The molecule has 0 rings (SSSR count). The molecule has 10 heteroatoms. The van der Waals surface area contributed by atoms with Crippen LogP contribution in [0.15, 0.2) is 0 Å². The summed E-state index contributed by atoms with van der Waals surface area (Å²) in [6, 6.07) is 0.444. The Kier molecular flexibility index (Phi) is 10.6. The summed E-state index contributed by atoms with van der Waals surface area (Å²) in [6.07, 6.45) is -6.14. The second-order valence-electron chi connectivity index (χ2n) is 5.10. The van der Waals surface area contributed by atoms with Gasteiger partial charge in [-0.3, -0.25) is 4.79 Å². The third-order valence-electron chi connectivity index (χ3n) is 3.27. The Hall–Kier alpha value is -1.32. The second-order valence-corrected chi connectivity index (χ2v) is 5.10. The lowest BCUT2D eigenvalue weighted by Crippen LogP contribution is -2.47. The van der Waals surface area contributed by atoms with Gasteiger partial charge in [-0.2, -0.15) is 5.26 Å². The summed E-state index contributed by atoms with van der Waals surface area (Å²) in [5, 5.41) is 55.9. The highest BCUT2D eigenvalue weighted by Crippen LogP contribution is 2.16. The van der Waals surface area contributed by atoms with E-state index in [-0.39, 0.29) is 6.42 Å². The Labute approximate surface area is 133 Å². The summed E-state index contributed by atoms with van der Waals surface area (Å²) >= 11 is 0. The number of carbonyl (C=O) groups is 1. The molecule has 1 unspecified atom stereocenters. The zero-order chi connectivity index (χ0) is 18.0. The van der Waals surface area contributed by atoms with Gasteiger partial charge in [0.1, 0.15) is 30.3 Å². The van der Waals surface area contributed by atoms with Crippen LogP contribution < -0.4 is 11.5 Å². The molecule has 6 atom stereocenters. The third kappa shape index (κ3) is 7.19. The molecule has 0 saturated carbocycles. The third-order valence-corrected chi connectivity index (χ3v) is 3.27. The summed E-state index contributed by atoms with van der Waals surface area (Å²) in [5.74, 6) is -2.67. The Morgan fingerprint density at radius 1 is 1.17 bits per heavy atom. The number of unbranched alkanes of at least 4 members (excludes halogenated alkanes) is 1. The number of hydrogen-bond acceptors (Lipinski definition) is 10. The normalized spacial score (nSPS) is 19.0. The average Bonchev–Trinajstić information content (AvgIpc) is 2.54. The lowest BCUT2D eigenvalue weighted by atomic mass is 9.93. The molecule has 0 amide bonds. The molecule has 0 bridgehead atoms. The maximum atomic E-state index is 11.6. The van der Waals surface area contributed by atoms with Crippen LogP contribution in [0.3, 0.4) is 0 Å². The molecule has 0 aliphatic rings. The van der Waals surface area contributed by atoms with E-state index in [0.29, 0.717) is 19.4 Å². The molecule has 10 nitrogen and oxygen atoms in total. The molecule has 0 aliphatic carbocycles. The fourth-order valence-corrected chi connectivity index (χ4v) is 1.78. The van der Waals surface area contributed by atoms with Crippen molar-refractivity contribution >= 4 is 5.97 Å². The van der Waals surface area contributed by atoms with E-state index in [9.17, 15) is 25.2 Å². The Bertz CT molecular complexity index is 390. The van der Waals surface area contributed by atoms with Crippen molar-refractivity contribution < 1.29 is 35.1 Å². The van der Waals surface area contributed by atoms with Gasteiger partial charge in [-0.05, 0) is 19.4 Å². The van der Waals surface area contributed by atoms with E-state index in [4.69, 9.17) is 21.8 Å². The molecular weight excluding hydrogens is 310 g/mol. The molecule has 0 aromatic rings. The predicted octanol–water partition coefficient (Wildman–Crippen LogP) is -3.48. The van der Waals surface area contributed by atoms with Crippen LogP contribution in [0.25, 0.3) is 0 Å². The summed E-state index contributed by atoms with van der Waals surface area (Å²) in [5.41, 5.74) is 10.9. The smallest absolute Gasteiger partial charge is 0.325 e. The van der Waals surface area contributed by atoms with E-state index in [2.05, 4.69) is 4.74 Å². The number of aliphatic hydroxyl groups excluding tert-OH is 5. The van der Waals surface area contributed by atoms with Crippen LogP contribution in [0.1, 0.15) is 19.3 Å². The molecule has 0 aliphatic heterocycles. The molecule has 134 valence electrons. The predicted molar refractivity (Wildman–Crippen MR) is 77.2 cm³/mol. The first-order valence-electron chi connectivity index (χ1n) is 7.19. The van der Waals surface area contributed by atoms with Gasteiger partial charge in [0, 0.05) is 0 Å². The van der Waals surface area contributed by atoms with Gasteiger partial charge in [0.2, 0.25) is 6.29 Å². The molecule has 0 spiro atoms. The topological polar surface area (TPSA) is 203 Å². The first-order chi connectivity index (χ1) is 10.8. The largest absolute Gasteiger partial charge is 0.432 e. The Morgan fingerprint density at radius 2 is 1.78 bits per heavy atom. The number of carbonyl (C=O) groups excluding carboxylic acids is 1. The van der Waals surface area contributed by atoms with Crippen molar-refractivity contribution in [3.8, 4) is 6.07 Å². The minimum Gasteiger partial charge on any atom is -0.432 e. The second kappa shape index (κ2) is 11.3. The van der Waals surface area contributed by atoms with E-state index >= 15 is 0 Å². The number of rotatable bonds is 11. The van der Waals surface area contributed by atoms with Gasteiger partial charge >= 0.3 is 5.97 Å². The Balaban J connectivity index is 4.60. The van der Waals surface area contributed by atoms with E-state index in [0.717, 1.165) is 0 Å². The number of esters is 1. The van der Waals surface area contributed by atoms with Gasteiger partial charge in [0.15, 0.2) is 0 Å². The fraction of sp³-hybridized carbons (Fsp3) is 0.846. The average molecular weight is 335 g/mol. The molecule has 0 aromatic heterocycles. The zero-order valence-corrected chi connectivity index (χ0v) is 12.7. The molecular formula is C13H25N3O7. The van der Waals surface area contributed by atoms with E-state index in [1.54, 1.807) is 0 Å².